The van der Waals surface area contributed by atoms with Crippen LogP contribution in [-0.2, 0) is 6.54 Å². The maximum absolute atomic E-state index is 11.9. The lowest BCUT2D eigenvalue weighted by Gasteiger charge is -2.10. The van der Waals surface area contributed by atoms with Gasteiger partial charge in [0.25, 0.3) is 0 Å². The van der Waals surface area contributed by atoms with Gasteiger partial charge in [-0.15, -0.1) is 5.10 Å². The van der Waals surface area contributed by atoms with Crippen LogP contribution in [0.25, 0.3) is 11.2 Å². The van der Waals surface area contributed by atoms with E-state index >= 15 is 0 Å². The third-order valence-corrected chi connectivity index (χ3v) is 5.02. The zero-order chi connectivity index (χ0) is 15.6. The lowest BCUT2D eigenvalue weighted by atomic mass is 10.3. The first-order valence-electron chi connectivity index (χ1n) is 7.68. The van der Waals surface area contributed by atoms with Crippen LogP contribution in [0.1, 0.15) is 31.7 Å². The molecule has 1 fully saturated rings. The van der Waals surface area contributed by atoms with E-state index in [-0.39, 0.29) is 5.76 Å². The molecule has 1 aliphatic rings. The van der Waals surface area contributed by atoms with Crippen molar-refractivity contribution in [2.24, 2.45) is 0 Å². The van der Waals surface area contributed by atoms with Crippen molar-refractivity contribution < 1.29 is 4.42 Å². The zero-order valence-electron chi connectivity index (χ0n) is 12.5. The summed E-state index contributed by atoms with van der Waals surface area (Å²) in [5, 5.41) is 12.8. The number of hydrogen-bond acceptors (Lipinski definition) is 7. The van der Waals surface area contributed by atoms with Crippen LogP contribution in [0.4, 0.5) is 0 Å². The van der Waals surface area contributed by atoms with Crippen molar-refractivity contribution in [1.29, 1.82) is 0 Å². The van der Waals surface area contributed by atoms with Gasteiger partial charge in [0.05, 0.1) is 6.04 Å². The van der Waals surface area contributed by atoms with Gasteiger partial charge in [-0.05, 0) is 35.4 Å². The quantitative estimate of drug-likeness (QED) is 0.659. The van der Waals surface area contributed by atoms with Crippen molar-refractivity contribution in [3.8, 4) is 0 Å². The molecular weight excluding hydrogens is 316 g/mol. The SMILES string of the molecule is O=c1oc2cccnc2n1CCSc1nnnn1C1CCCC1. The number of nitrogens with zero attached hydrogens (tertiary/aromatic N) is 6. The second-order valence-electron chi connectivity index (χ2n) is 5.54. The van der Waals surface area contributed by atoms with Crippen LogP contribution in [0.3, 0.4) is 0 Å². The van der Waals surface area contributed by atoms with Gasteiger partial charge in [0.15, 0.2) is 11.2 Å². The molecule has 0 amide bonds. The summed E-state index contributed by atoms with van der Waals surface area (Å²) < 4.78 is 8.65. The molecule has 0 radical (unpaired) electrons. The summed E-state index contributed by atoms with van der Waals surface area (Å²) in [4.78, 5) is 16.1. The largest absolute Gasteiger partial charge is 0.421 e. The van der Waals surface area contributed by atoms with E-state index in [0.717, 1.165) is 18.0 Å². The van der Waals surface area contributed by atoms with Crippen LogP contribution in [-0.4, -0.2) is 35.5 Å². The van der Waals surface area contributed by atoms with E-state index in [1.54, 1.807) is 34.7 Å². The smallest absolute Gasteiger partial charge is 0.406 e. The van der Waals surface area contributed by atoms with Crippen LogP contribution in [0.2, 0.25) is 0 Å². The molecule has 0 spiro atoms. The third kappa shape index (κ3) is 2.76. The molecule has 1 aliphatic carbocycles. The number of oxazole rings is 1. The highest BCUT2D eigenvalue weighted by Crippen LogP contribution is 2.31. The van der Waals surface area contributed by atoms with Crippen LogP contribution in [0, 0.1) is 0 Å². The lowest BCUT2D eigenvalue weighted by Crippen LogP contribution is -2.16. The number of thioether (sulfide) groups is 1. The van der Waals surface area contributed by atoms with Crippen LogP contribution in [0.5, 0.6) is 0 Å². The number of pyridine rings is 1. The molecule has 23 heavy (non-hydrogen) atoms. The summed E-state index contributed by atoms with van der Waals surface area (Å²) in [7, 11) is 0. The van der Waals surface area contributed by atoms with Crippen molar-refractivity contribution in [2.45, 2.75) is 43.4 Å². The zero-order valence-corrected chi connectivity index (χ0v) is 13.3. The van der Waals surface area contributed by atoms with Crippen molar-refractivity contribution >= 4 is 23.0 Å². The highest BCUT2D eigenvalue weighted by molar-refractivity contribution is 7.99. The topological polar surface area (TPSA) is 91.6 Å². The summed E-state index contributed by atoms with van der Waals surface area (Å²) in [6.45, 7) is 0.505. The van der Waals surface area contributed by atoms with E-state index < -0.39 is 0 Å². The summed E-state index contributed by atoms with van der Waals surface area (Å²) in [6, 6.07) is 3.90. The fraction of sp³-hybridized carbons (Fsp3) is 0.500. The molecule has 3 aromatic heterocycles. The average molecular weight is 332 g/mol. The molecule has 0 unspecified atom stereocenters. The van der Waals surface area contributed by atoms with E-state index in [4.69, 9.17) is 4.42 Å². The van der Waals surface area contributed by atoms with E-state index in [1.807, 2.05) is 4.68 Å². The summed E-state index contributed by atoms with van der Waals surface area (Å²) in [6.07, 6.45) is 6.39. The van der Waals surface area contributed by atoms with Gasteiger partial charge in [-0.2, -0.15) is 0 Å². The molecule has 0 aromatic carbocycles. The summed E-state index contributed by atoms with van der Waals surface area (Å²) in [5.41, 5.74) is 1.09. The Labute approximate surface area is 135 Å². The van der Waals surface area contributed by atoms with E-state index in [9.17, 15) is 4.79 Å². The first kappa shape index (κ1) is 14.4. The Morgan fingerprint density at radius 1 is 1.35 bits per heavy atom. The molecule has 3 aromatic rings. The molecule has 0 aliphatic heterocycles. The number of aryl methyl sites for hydroxylation is 1. The van der Waals surface area contributed by atoms with Crippen molar-refractivity contribution in [2.75, 3.05) is 5.75 Å². The molecule has 1 saturated carbocycles. The molecule has 0 saturated heterocycles. The minimum atomic E-state index is -0.380. The highest BCUT2D eigenvalue weighted by Gasteiger charge is 2.21. The van der Waals surface area contributed by atoms with Gasteiger partial charge in [-0.3, -0.25) is 4.57 Å². The Morgan fingerprint density at radius 3 is 3.09 bits per heavy atom. The van der Waals surface area contributed by atoms with Gasteiger partial charge in [0.1, 0.15) is 0 Å². The van der Waals surface area contributed by atoms with Crippen LogP contribution >= 0.6 is 11.8 Å². The molecule has 0 bridgehead atoms. The number of rotatable bonds is 5. The van der Waals surface area contributed by atoms with Crippen molar-refractivity contribution in [3.63, 3.8) is 0 Å². The van der Waals surface area contributed by atoms with Crippen LogP contribution in [0.15, 0.2) is 32.7 Å². The van der Waals surface area contributed by atoms with Crippen LogP contribution < -0.4 is 5.76 Å². The minimum Gasteiger partial charge on any atom is -0.406 e. The lowest BCUT2D eigenvalue weighted by molar-refractivity contribution is 0.423. The Morgan fingerprint density at radius 2 is 2.22 bits per heavy atom. The highest BCUT2D eigenvalue weighted by atomic mass is 32.2. The summed E-state index contributed by atoms with van der Waals surface area (Å²) >= 11 is 1.55. The molecule has 4 rings (SSSR count). The normalized spacial score (nSPS) is 15.7. The fourth-order valence-electron chi connectivity index (χ4n) is 2.98. The maximum Gasteiger partial charge on any atom is 0.421 e. The maximum atomic E-state index is 11.9. The average Bonchev–Trinajstić information content (AvgIpc) is 3.27. The minimum absolute atomic E-state index is 0.380. The third-order valence-electron chi connectivity index (χ3n) is 4.10. The van der Waals surface area contributed by atoms with Gasteiger partial charge in [-0.1, -0.05) is 24.6 Å². The number of hydrogen-bond donors (Lipinski definition) is 0. The van der Waals surface area contributed by atoms with Gasteiger partial charge >= 0.3 is 5.76 Å². The van der Waals surface area contributed by atoms with E-state index in [2.05, 4.69) is 20.5 Å². The first-order chi connectivity index (χ1) is 11.3. The molecule has 0 atom stereocenters. The molecule has 8 nitrogen and oxygen atoms in total. The van der Waals surface area contributed by atoms with E-state index in [1.165, 1.54) is 12.8 Å². The van der Waals surface area contributed by atoms with Crippen molar-refractivity contribution in [1.82, 2.24) is 29.8 Å². The number of aromatic nitrogens is 6. The Hall–Kier alpha value is -2.16. The molecule has 3 heterocycles. The molecular formula is C14H16N6O2S. The van der Waals surface area contributed by atoms with Gasteiger partial charge in [0, 0.05) is 18.5 Å². The van der Waals surface area contributed by atoms with Gasteiger partial charge in [-0.25, -0.2) is 14.5 Å². The summed E-state index contributed by atoms with van der Waals surface area (Å²) in [5.74, 6) is 0.299. The van der Waals surface area contributed by atoms with Gasteiger partial charge < -0.3 is 4.42 Å². The number of tetrazole rings is 1. The Bertz CT molecular complexity index is 863. The number of fused-ring (bicyclic) bond motifs is 1. The second kappa shape index (κ2) is 6.15. The second-order valence-corrected chi connectivity index (χ2v) is 6.60. The Kier molecular flexibility index (Phi) is 3.86. The fourth-order valence-corrected chi connectivity index (χ4v) is 3.85. The predicted molar refractivity (Wildman–Crippen MR) is 84.3 cm³/mol. The van der Waals surface area contributed by atoms with Crippen molar-refractivity contribution in [3.05, 3.63) is 28.9 Å². The standard InChI is InChI=1S/C14H16N6O2S/c21-14-19(12-11(22-14)6-3-7-15-12)8-9-23-13-16-17-18-20(13)10-4-1-2-5-10/h3,6-7,10H,1-2,4-5,8-9H2. The molecule has 9 heteroatoms. The molecule has 0 N–H and O–H groups in total. The van der Waals surface area contributed by atoms with E-state index in [0.29, 0.717) is 29.6 Å². The first-order valence-corrected chi connectivity index (χ1v) is 8.66. The Balaban J connectivity index is 1.47. The predicted octanol–water partition coefficient (Wildman–Crippen LogP) is 1.88. The monoisotopic (exact) mass is 332 g/mol. The van der Waals surface area contributed by atoms with Gasteiger partial charge in [0.2, 0.25) is 5.16 Å². The molecule has 120 valence electrons.